The molecule has 0 aliphatic carbocycles. The van der Waals surface area contributed by atoms with E-state index in [2.05, 4.69) is 28.7 Å². The largest absolute Gasteiger partial charge is 0.497 e. The molecule has 0 saturated carbocycles. The van der Waals surface area contributed by atoms with E-state index in [9.17, 15) is 0 Å². The number of hydrogen-bond donors (Lipinski definition) is 0. The van der Waals surface area contributed by atoms with Crippen molar-refractivity contribution in [3.63, 3.8) is 0 Å². The van der Waals surface area contributed by atoms with Crippen molar-refractivity contribution >= 4 is 34.2 Å². The van der Waals surface area contributed by atoms with Crippen LogP contribution in [0.2, 0.25) is 5.02 Å². The fourth-order valence-corrected chi connectivity index (χ4v) is 2.33. The van der Waals surface area contributed by atoms with Gasteiger partial charge in [-0.2, -0.15) is 0 Å². The lowest BCUT2D eigenvalue weighted by Crippen LogP contribution is -1.86. The number of benzene rings is 2. The van der Waals surface area contributed by atoms with E-state index in [0.29, 0.717) is 0 Å². The summed E-state index contributed by atoms with van der Waals surface area (Å²) in [5, 5.41) is 0.748. The van der Waals surface area contributed by atoms with Crippen LogP contribution in [0.4, 0.5) is 0 Å². The molecule has 0 radical (unpaired) electrons. The van der Waals surface area contributed by atoms with Crippen molar-refractivity contribution in [3.05, 3.63) is 51.1 Å². The molecular formula is C13H10ClIO. The van der Waals surface area contributed by atoms with Crippen molar-refractivity contribution in [2.45, 2.75) is 0 Å². The summed E-state index contributed by atoms with van der Waals surface area (Å²) in [6.45, 7) is 0. The van der Waals surface area contributed by atoms with Gasteiger partial charge in [-0.05, 0) is 64.0 Å². The topological polar surface area (TPSA) is 9.23 Å². The summed E-state index contributed by atoms with van der Waals surface area (Å²) >= 11 is 8.31. The van der Waals surface area contributed by atoms with E-state index in [-0.39, 0.29) is 0 Å². The quantitative estimate of drug-likeness (QED) is 0.722. The minimum Gasteiger partial charge on any atom is -0.497 e. The Bertz CT molecular complexity index is 511. The summed E-state index contributed by atoms with van der Waals surface area (Å²) in [5.74, 6) is 0.855. The Kier molecular flexibility index (Phi) is 3.71. The molecule has 16 heavy (non-hydrogen) atoms. The van der Waals surface area contributed by atoms with Gasteiger partial charge >= 0.3 is 0 Å². The Hall–Kier alpha value is -0.740. The smallest absolute Gasteiger partial charge is 0.119 e. The van der Waals surface area contributed by atoms with Crippen LogP contribution in [0.1, 0.15) is 0 Å². The standard InChI is InChI=1S/C13H10ClIO/c1-16-11-4-2-3-9(7-11)12-8-10(14)5-6-13(12)15/h2-8H,1H3. The van der Waals surface area contributed by atoms with Crippen LogP contribution in [0.3, 0.4) is 0 Å². The highest BCUT2D eigenvalue weighted by Gasteiger charge is 2.04. The van der Waals surface area contributed by atoms with Gasteiger partial charge in [0, 0.05) is 8.59 Å². The van der Waals surface area contributed by atoms with Crippen molar-refractivity contribution in [3.8, 4) is 16.9 Å². The molecule has 0 aliphatic rings. The Morgan fingerprint density at radius 1 is 1.12 bits per heavy atom. The second-order valence-electron chi connectivity index (χ2n) is 3.36. The van der Waals surface area contributed by atoms with Crippen molar-refractivity contribution in [2.24, 2.45) is 0 Å². The SMILES string of the molecule is COc1cccc(-c2cc(Cl)ccc2I)c1. The van der Waals surface area contributed by atoms with Crippen LogP contribution in [0.5, 0.6) is 5.75 Å². The van der Waals surface area contributed by atoms with Gasteiger partial charge in [0.05, 0.1) is 7.11 Å². The van der Waals surface area contributed by atoms with E-state index in [1.807, 2.05) is 36.4 Å². The number of rotatable bonds is 2. The van der Waals surface area contributed by atoms with Crippen LogP contribution in [-0.4, -0.2) is 7.11 Å². The molecule has 0 spiro atoms. The molecule has 0 atom stereocenters. The Morgan fingerprint density at radius 3 is 2.69 bits per heavy atom. The molecule has 3 heteroatoms. The summed E-state index contributed by atoms with van der Waals surface area (Å²) in [6.07, 6.45) is 0. The highest BCUT2D eigenvalue weighted by molar-refractivity contribution is 14.1. The predicted molar refractivity (Wildman–Crippen MR) is 76.2 cm³/mol. The number of ether oxygens (including phenoxy) is 1. The molecule has 0 saturated heterocycles. The number of hydrogen-bond acceptors (Lipinski definition) is 1. The summed E-state index contributed by atoms with van der Waals surface area (Å²) in [5.41, 5.74) is 2.25. The summed E-state index contributed by atoms with van der Waals surface area (Å²) in [4.78, 5) is 0. The van der Waals surface area contributed by atoms with Gasteiger partial charge < -0.3 is 4.74 Å². The predicted octanol–water partition coefficient (Wildman–Crippen LogP) is 4.62. The summed E-state index contributed by atoms with van der Waals surface area (Å²) in [7, 11) is 1.67. The molecule has 0 fully saturated rings. The third kappa shape index (κ3) is 2.50. The van der Waals surface area contributed by atoms with Crippen LogP contribution in [0.25, 0.3) is 11.1 Å². The first-order valence-corrected chi connectivity index (χ1v) is 6.26. The Morgan fingerprint density at radius 2 is 1.94 bits per heavy atom. The molecule has 0 heterocycles. The average molecular weight is 345 g/mol. The van der Waals surface area contributed by atoms with E-state index in [0.717, 1.165) is 21.9 Å². The van der Waals surface area contributed by atoms with E-state index in [1.54, 1.807) is 7.11 Å². The first-order chi connectivity index (χ1) is 7.70. The van der Waals surface area contributed by atoms with Crippen LogP contribution in [0, 0.1) is 3.57 Å². The number of halogens is 2. The lowest BCUT2D eigenvalue weighted by Gasteiger charge is -2.07. The van der Waals surface area contributed by atoms with Gasteiger partial charge in [0.2, 0.25) is 0 Å². The molecule has 0 aliphatic heterocycles. The first kappa shape index (κ1) is 11.7. The van der Waals surface area contributed by atoms with Gasteiger partial charge in [0.25, 0.3) is 0 Å². The Balaban J connectivity index is 2.53. The molecule has 2 aromatic rings. The van der Waals surface area contributed by atoms with E-state index in [4.69, 9.17) is 16.3 Å². The molecular weight excluding hydrogens is 334 g/mol. The Labute approximate surface area is 114 Å². The lowest BCUT2D eigenvalue weighted by molar-refractivity contribution is 0.415. The highest BCUT2D eigenvalue weighted by Crippen LogP contribution is 2.30. The van der Waals surface area contributed by atoms with Crippen LogP contribution >= 0.6 is 34.2 Å². The monoisotopic (exact) mass is 344 g/mol. The zero-order valence-electron chi connectivity index (χ0n) is 8.71. The van der Waals surface area contributed by atoms with E-state index in [1.165, 1.54) is 3.57 Å². The molecule has 0 N–H and O–H groups in total. The highest BCUT2D eigenvalue weighted by atomic mass is 127. The summed E-state index contributed by atoms with van der Waals surface area (Å²) < 4.78 is 6.39. The van der Waals surface area contributed by atoms with E-state index >= 15 is 0 Å². The zero-order valence-corrected chi connectivity index (χ0v) is 11.6. The molecule has 0 unspecified atom stereocenters. The van der Waals surface area contributed by atoms with E-state index < -0.39 is 0 Å². The van der Waals surface area contributed by atoms with Gasteiger partial charge in [0.1, 0.15) is 5.75 Å². The minimum absolute atomic E-state index is 0.748. The third-order valence-corrected chi connectivity index (χ3v) is 3.48. The second kappa shape index (κ2) is 5.06. The maximum Gasteiger partial charge on any atom is 0.119 e. The summed E-state index contributed by atoms with van der Waals surface area (Å²) in [6, 6.07) is 13.8. The van der Waals surface area contributed by atoms with Crippen molar-refractivity contribution in [1.82, 2.24) is 0 Å². The van der Waals surface area contributed by atoms with Gasteiger partial charge in [-0.3, -0.25) is 0 Å². The molecule has 0 aromatic heterocycles. The van der Waals surface area contributed by atoms with Crippen LogP contribution < -0.4 is 4.74 Å². The van der Waals surface area contributed by atoms with Gasteiger partial charge in [-0.15, -0.1) is 0 Å². The lowest BCUT2D eigenvalue weighted by atomic mass is 10.1. The van der Waals surface area contributed by atoms with Gasteiger partial charge in [-0.1, -0.05) is 23.7 Å². The van der Waals surface area contributed by atoms with Crippen molar-refractivity contribution in [1.29, 1.82) is 0 Å². The van der Waals surface area contributed by atoms with Crippen LogP contribution in [0.15, 0.2) is 42.5 Å². The minimum atomic E-state index is 0.748. The molecule has 1 nitrogen and oxygen atoms in total. The fraction of sp³-hybridized carbons (Fsp3) is 0.0769. The average Bonchev–Trinajstić information content (AvgIpc) is 2.32. The fourth-order valence-electron chi connectivity index (χ4n) is 1.51. The second-order valence-corrected chi connectivity index (χ2v) is 4.95. The molecule has 2 aromatic carbocycles. The third-order valence-electron chi connectivity index (χ3n) is 2.31. The first-order valence-electron chi connectivity index (χ1n) is 4.80. The molecule has 2 rings (SSSR count). The number of methoxy groups -OCH3 is 1. The normalized spacial score (nSPS) is 10.2. The maximum atomic E-state index is 6.01. The molecule has 0 amide bonds. The van der Waals surface area contributed by atoms with Crippen molar-refractivity contribution < 1.29 is 4.74 Å². The molecule has 0 bridgehead atoms. The van der Waals surface area contributed by atoms with Crippen molar-refractivity contribution in [2.75, 3.05) is 7.11 Å². The maximum absolute atomic E-state index is 6.01. The van der Waals surface area contributed by atoms with Gasteiger partial charge in [0.15, 0.2) is 0 Å². The zero-order chi connectivity index (χ0) is 11.5. The van der Waals surface area contributed by atoms with Gasteiger partial charge in [-0.25, -0.2) is 0 Å². The van der Waals surface area contributed by atoms with Crippen LogP contribution in [-0.2, 0) is 0 Å². The molecule has 82 valence electrons.